The van der Waals surface area contributed by atoms with Gasteiger partial charge in [-0.1, -0.05) is 0 Å². The maximum absolute atomic E-state index is 12.4. The van der Waals surface area contributed by atoms with Crippen LogP contribution in [-0.2, 0) is 19.2 Å². The first-order chi connectivity index (χ1) is 12.2. The van der Waals surface area contributed by atoms with Gasteiger partial charge < -0.3 is 20.2 Å². The molecule has 0 aliphatic carbocycles. The van der Waals surface area contributed by atoms with Crippen LogP contribution in [-0.4, -0.2) is 70.3 Å². The summed E-state index contributed by atoms with van der Waals surface area (Å²) in [7, 11) is 0. The maximum Gasteiger partial charge on any atom is 0.323 e. The lowest BCUT2D eigenvalue weighted by Crippen LogP contribution is -2.43. The topological polar surface area (TPSA) is 107 Å². The molecule has 1 rings (SSSR count). The molecule has 1 aliphatic rings. The molecule has 1 fully saturated rings. The second-order valence-corrected chi connectivity index (χ2v) is 7.08. The van der Waals surface area contributed by atoms with Crippen LogP contribution in [0, 0.1) is 0 Å². The van der Waals surface area contributed by atoms with Crippen molar-refractivity contribution in [3.8, 4) is 0 Å². The van der Waals surface area contributed by atoms with Gasteiger partial charge in [0.1, 0.15) is 6.54 Å². The Morgan fingerprint density at radius 3 is 2.42 bits per heavy atom. The molecule has 0 spiro atoms. The van der Waals surface area contributed by atoms with Crippen LogP contribution in [0.15, 0.2) is 0 Å². The Morgan fingerprint density at radius 2 is 1.85 bits per heavy atom. The largest absolute Gasteiger partial charge is 0.480 e. The minimum Gasteiger partial charge on any atom is -0.480 e. The minimum atomic E-state index is -1.03. The van der Waals surface area contributed by atoms with Crippen molar-refractivity contribution in [1.29, 1.82) is 0 Å². The van der Waals surface area contributed by atoms with Crippen molar-refractivity contribution in [3.05, 3.63) is 0 Å². The average Bonchev–Trinajstić information content (AvgIpc) is 2.77. The molecule has 0 saturated carbocycles. The predicted molar refractivity (Wildman–Crippen MR) is 96.4 cm³/mol. The van der Waals surface area contributed by atoms with Gasteiger partial charge in [0.05, 0.1) is 0 Å². The fraction of sp³-hybridized carbons (Fsp3) is 0.778. The van der Waals surface area contributed by atoms with Gasteiger partial charge >= 0.3 is 5.97 Å². The molecule has 1 atom stereocenters. The molecule has 148 valence electrons. The molecule has 1 heterocycles. The number of nitrogens with one attached hydrogen (secondary N) is 1. The van der Waals surface area contributed by atoms with E-state index in [0.717, 1.165) is 6.42 Å². The molecule has 26 heavy (non-hydrogen) atoms. The molecule has 3 amide bonds. The molecule has 0 radical (unpaired) electrons. The molecule has 2 N–H and O–H groups in total. The quantitative estimate of drug-likeness (QED) is 0.664. The Kier molecular flexibility index (Phi) is 9.09. The summed E-state index contributed by atoms with van der Waals surface area (Å²) in [5.41, 5.74) is 0. The number of nitrogens with zero attached hydrogens (tertiary/aromatic N) is 2. The van der Waals surface area contributed by atoms with E-state index in [2.05, 4.69) is 5.32 Å². The van der Waals surface area contributed by atoms with Gasteiger partial charge in [0.25, 0.3) is 0 Å². The third-order valence-corrected chi connectivity index (χ3v) is 4.45. The number of carbonyl (C=O) groups is 4. The van der Waals surface area contributed by atoms with E-state index in [9.17, 15) is 19.2 Å². The smallest absolute Gasteiger partial charge is 0.323 e. The van der Waals surface area contributed by atoms with Crippen molar-refractivity contribution in [2.45, 2.75) is 71.4 Å². The number of carboxylic acids is 1. The fourth-order valence-electron chi connectivity index (χ4n) is 3.24. The molecular weight excluding hydrogens is 338 g/mol. The summed E-state index contributed by atoms with van der Waals surface area (Å²) in [5, 5.41) is 11.8. The van der Waals surface area contributed by atoms with Crippen molar-refractivity contribution in [2.24, 2.45) is 0 Å². The number of hydrogen-bond acceptors (Lipinski definition) is 4. The standard InChI is InChI=1S/C18H31N3O5/c1-13(2)19-16(23)7-4-8-17(24)20-10-5-6-15(9-11-20)21(14(3)22)12-18(25)26/h13,15H,4-12H2,1-3H3,(H,19,23)(H,25,26). The van der Waals surface area contributed by atoms with E-state index in [-0.39, 0.29) is 36.3 Å². The number of carboxylic acid groups (broad SMARTS) is 1. The summed E-state index contributed by atoms with van der Waals surface area (Å²) < 4.78 is 0. The SMILES string of the molecule is CC(=O)N(CC(=O)O)C1CCCN(C(=O)CCCC(=O)NC(C)C)CC1. The zero-order valence-corrected chi connectivity index (χ0v) is 16.0. The van der Waals surface area contributed by atoms with Gasteiger partial charge in [0, 0.05) is 44.9 Å². The first kappa shape index (κ1) is 21.9. The normalized spacial score (nSPS) is 17.5. The first-order valence-corrected chi connectivity index (χ1v) is 9.26. The van der Waals surface area contributed by atoms with E-state index in [4.69, 9.17) is 5.11 Å². The fourth-order valence-corrected chi connectivity index (χ4v) is 3.24. The van der Waals surface area contributed by atoms with Crippen LogP contribution in [0.5, 0.6) is 0 Å². The summed E-state index contributed by atoms with van der Waals surface area (Å²) in [6.07, 6.45) is 3.16. The van der Waals surface area contributed by atoms with E-state index < -0.39 is 5.97 Å². The zero-order valence-electron chi connectivity index (χ0n) is 16.0. The minimum absolute atomic E-state index is 0.00982. The van der Waals surface area contributed by atoms with Crippen LogP contribution in [0.25, 0.3) is 0 Å². The highest BCUT2D eigenvalue weighted by atomic mass is 16.4. The van der Waals surface area contributed by atoms with Gasteiger partial charge in [-0.05, 0) is 39.5 Å². The number of carbonyl (C=O) groups excluding carboxylic acids is 3. The number of likely N-dealkylation sites (tertiary alicyclic amines) is 1. The summed E-state index contributed by atoms with van der Waals surface area (Å²) in [6, 6.07) is -0.0611. The summed E-state index contributed by atoms with van der Waals surface area (Å²) in [5.74, 6) is -1.32. The maximum atomic E-state index is 12.4. The van der Waals surface area contributed by atoms with Crippen LogP contribution in [0.4, 0.5) is 0 Å². The molecular formula is C18H31N3O5. The molecule has 0 aromatic rings. The second kappa shape index (κ2) is 10.8. The lowest BCUT2D eigenvalue weighted by atomic mass is 10.1. The third kappa shape index (κ3) is 7.84. The number of rotatable bonds is 8. The monoisotopic (exact) mass is 369 g/mol. The van der Waals surface area contributed by atoms with Gasteiger partial charge in [-0.3, -0.25) is 19.2 Å². The number of amides is 3. The highest BCUT2D eigenvalue weighted by Gasteiger charge is 2.27. The van der Waals surface area contributed by atoms with E-state index in [1.54, 1.807) is 4.90 Å². The van der Waals surface area contributed by atoms with Crippen LogP contribution >= 0.6 is 0 Å². The van der Waals surface area contributed by atoms with Crippen molar-refractivity contribution < 1.29 is 24.3 Å². The van der Waals surface area contributed by atoms with Gasteiger partial charge in [0.15, 0.2) is 0 Å². The highest BCUT2D eigenvalue weighted by Crippen LogP contribution is 2.18. The van der Waals surface area contributed by atoms with E-state index in [1.807, 2.05) is 13.8 Å². The highest BCUT2D eigenvalue weighted by molar-refractivity contribution is 5.80. The Bertz CT molecular complexity index is 521. The third-order valence-electron chi connectivity index (χ3n) is 4.45. The summed E-state index contributed by atoms with van der Waals surface area (Å²) >= 11 is 0. The zero-order chi connectivity index (χ0) is 19.7. The van der Waals surface area contributed by atoms with E-state index in [1.165, 1.54) is 11.8 Å². The summed E-state index contributed by atoms with van der Waals surface area (Å²) in [4.78, 5) is 49.8. The lowest BCUT2D eigenvalue weighted by Gasteiger charge is -2.28. The summed E-state index contributed by atoms with van der Waals surface area (Å²) in [6.45, 7) is 5.96. The molecule has 1 saturated heterocycles. The van der Waals surface area contributed by atoms with Gasteiger partial charge in [-0.25, -0.2) is 0 Å². The molecule has 0 aromatic heterocycles. The molecule has 1 aliphatic heterocycles. The molecule has 8 heteroatoms. The Hall–Kier alpha value is -2.12. The van der Waals surface area contributed by atoms with E-state index in [0.29, 0.717) is 45.2 Å². The van der Waals surface area contributed by atoms with Crippen LogP contribution in [0.1, 0.15) is 59.3 Å². The molecule has 8 nitrogen and oxygen atoms in total. The number of aliphatic carboxylic acids is 1. The van der Waals surface area contributed by atoms with Crippen LogP contribution < -0.4 is 5.32 Å². The Labute approximate surface area is 154 Å². The van der Waals surface area contributed by atoms with Gasteiger partial charge in [0.2, 0.25) is 17.7 Å². The van der Waals surface area contributed by atoms with E-state index >= 15 is 0 Å². The van der Waals surface area contributed by atoms with Crippen molar-refractivity contribution in [1.82, 2.24) is 15.1 Å². The molecule has 0 bridgehead atoms. The average molecular weight is 369 g/mol. The van der Waals surface area contributed by atoms with Gasteiger partial charge in [-0.15, -0.1) is 0 Å². The second-order valence-electron chi connectivity index (χ2n) is 7.08. The molecule has 1 unspecified atom stereocenters. The number of hydrogen-bond donors (Lipinski definition) is 2. The Balaban J connectivity index is 2.46. The van der Waals surface area contributed by atoms with Crippen LogP contribution in [0.2, 0.25) is 0 Å². The van der Waals surface area contributed by atoms with Gasteiger partial charge in [-0.2, -0.15) is 0 Å². The lowest BCUT2D eigenvalue weighted by molar-refractivity contribution is -0.145. The first-order valence-electron chi connectivity index (χ1n) is 9.26. The van der Waals surface area contributed by atoms with Crippen molar-refractivity contribution >= 4 is 23.7 Å². The predicted octanol–water partition coefficient (Wildman–Crippen LogP) is 0.996. The van der Waals surface area contributed by atoms with Crippen molar-refractivity contribution in [2.75, 3.05) is 19.6 Å². The van der Waals surface area contributed by atoms with Crippen LogP contribution in [0.3, 0.4) is 0 Å². The van der Waals surface area contributed by atoms with Crippen molar-refractivity contribution in [3.63, 3.8) is 0 Å². The Morgan fingerprint density at radius 1 is 1.15 bits per heavy atom. The molecule has 0 aromatic carbocycles.